The van der Waals surface area contributed by atoms with Gasteiger partial charge in [-0.25, -0.2) is 4.39 Å². The average molecular weight is 436 g/mol. The van der Waals surface area contributed by atoms with Gasteiger partial charge in [0.15, 0.2) is 0 Å². The Balaban J connectivity index is 1.35. The van der Waals surface area contributed by atoms with Gasteiger partial charge in [0.2, 0.25) is 5.91 Å². The van der Waals surface area contributed by atoms with Crippen molar-refractivity contribution in [1.82, 2.24) is 15.2 Å². The maximum absolute atomic E-state index is 13.7. The summed E-state index contributed by atoms with van der Waals surface area (Å²) >= 11 is 0. The molecular weight excluding hydrogens is 411 g/mol. The second-order valence-electron chi connectivity index (χ2n) is 8.87. The fraction of sp³-hybridized carbons (Fsp3) is 0.375. The molecule has 1 saturated carbocycles. The second kappa shape index (κ2) is 7.62. The predicted molar refractivity (Wildman–Crippen MR) is 118 cm³/mol. The fourth-order valence-electron chi connectivity index (χ4n) is 4.83. The maximum Gasteiger partial charge on any atom is 0.256 e. The molecule has 2 atom stereocenters. The van der Waals surface area contributed by atoms with Gasteiger partial charge in [0.1, 0.15) is 5.82 Å². The minimum Gasteiger partial charge on any atom is -0.358 e. The molecule has 2 aliphatic heterocycles. The average Bonchev–Trinajstić information content (AvgIpc) is 3.33. The zero-order valence-corrected chi connectivity index (χ0v) is 18.0. The topological polar surface area (TPSA) is 94.1 Å². The van der Waals surface area contributed by atoms with Gasteiger partial charge in [0.25, 0.3) is 11.8 Å². The SMILES string of the molecule is Cc1[nH]c(/C=C2\C(=O)Nc3ccc(F)cc32)c(C)c1C(=O)N[C@@H]1CC[C@H](C(=O)N2CC2)C1. The van der Waals surface area contributed by atoms with E-state index in [9.17, 15) is 18.8 Å². The molecule has 8 heteroatoms. The first-order valence-corrected chi connectivity index (χ1v) is 10.9. The fourth-order valence-corrected chi connectivity index (χ4v) is 4.83. The van der Waals surface area contributed by atoms with Crippen molar-refractivity contribution in [2.75, 3.05) is 18.4 Å². The Morgan fingerprint density at radius 1 is 1.22 bits per heavy atom. The molecule has 2 fully saturated rings. The third kappa shape index (κ3) is 3.59. The smallest absolute Gasteiger partial charge is 0.256 e. The monoisotopic (exact) mass is 436 g/mol. The van der Waals surface area contributed by atoms with Crippen LogP contribution in [-0.4, -0.2) is 46.7 Å². The first kappa shape index (κ1) is 20.5. The third-order valence-corrected chi connectivity index (χ3v) is 6.63. The number of nitrogens with one attached hydrogen (secondary N) is 3. The number of hydrogen-bond donors (Lipinski definition) is 3. The number of anilines is 1. The van der Waals surface area contributed by atoms with Crippen LogP contribution in [0.4, 0.5) is 10.1 Å². The minimum absolute atomic E-state index is 0.00199. The Hall–Kier alpha value is -3.42. The Kier molecular flexibility index (Phi) is 4.87. The Labute approximate surface area is 185 Å². The lowest BCUT2D eigenvalue weighted by molar-refractivity contribution is -0.129. The van der Waals surface area contributed by atoms with E-state index >= 15 is 0 Å². The van der Waals surface area contributed by atoms with Crippen LogP contribution in [0.2, 0.25) is 0 Å². The molecule has 5 rings (SSSR count). The number of rotatable bonds is 4. The molecule has 0 spiro atoms. The zero-order valence-electron chi connectivity index (χ0n) is 18.0. The molecule has 0 radical (unpaired) electrons. The third-order valence-electron chi connectivity index (χ3n) is 6.63. The number of fused-ring (bicyclic) bond motifs is 1. The summed E-state index contributed by atoms with van der Waals surface area (Å²) in [5.74, 6) is -0.712. The summed E-state index contributed by atoms with van der Waals surface area (Å²) in [5, 5.41) is 5.81. The Bertz CT molecular complexity index is 1180. The molecule has 3 aliphatic rings. The van der Waals surface area contributed by atoms with Crippen molar-refractivity contribution in [2.24, 2.45) is 5.92 Å². The lowest BCUT2D eigenvalue weighted by Gasteiger charge is -2.14. The van der Waals surface area contributed by atoms with Crippen LogP contribution >= 0.6 is 0 Å². The first-order valence-electron chi connectivity index (χ1n) is 10.9. The predicted octanol–water partition coefficient (Wildman–Crippen LogP) is 3.00. The number of carbonyl (C=O) groups excluding carboxylic acids is 3. The molecule has 1 aliphatic carbocycles. The zero-order chi connectivity index (χ0) is 22.6. The number of aromatic nitrogens is 1. The molecule has 166 valence electrons. The maximum atomic E-state index is 13.7. The lowest BCUT2D eigenvalue weighted by Crippen LogP contribution is -2.34. The number of H-pyrrole nitrogens is 1. The van der Waals surface area contributed by atoms with Crippen LogP contribution in [-0.2, 0) is 9.59 Å². The largest absolute Gasteiger partial charge is 0.358 e. The number of amides is 3. The van der Waals surface area contributed by atoms with Crippen molar-refractivity contribution in [3.05, 3.63) is 52.1 Å². The number of halogens is 1. The van der Waals surface area contributed by atoms with Crippen molar-refractivity contribution in [3.63, 3.8) is 0 Å². The van der Waals surface area contributed by atoms with Crippen LogP contribution in [0.15, 0.2) is 18.2 Å². The van der Waals surface area contributed by atoms with Crippen LogP contribution in [0.3, 0.4) is 0 Å². The van der Waals surface area contributed by atoms with E-state index < -0.39 is 5.82 Å². The number of aryl methyl sites for hydroxylation is 1. The van der Waals surface area contributed by atoms with Crippen LogP contribution in [0.25, 0.3) is 11.6 Å². The molecular formula is C24H25FN4O3. The van der Waals surface area contributed by atoms with E-state index in [1.165, 1.54) is 18.2 Å². The van der Waals surface area contributed by atoms with Crippen molar-refractivity contribution in [3.8, 4) is 0 Å². The normalized spacial score (nSPS) is 22.8. The summed E-state index contributed by atoms with van der Waals surface area (Å²) in [4.78, 5) is 42.8. The summed E-state index contributed by atoms with van der Waals surface area (Å²) < 4.78 is 13.7. The molecule has 0 unspecified atom stereocenters. The summed E-state index contributed by atoms with van der Waals surface area (Å²) in [6.07, 6.45) is 3.92. The van der Waals surface area contributed by atoms with Crippen molar-refractivity contribution >= 4 is 35.1 Å². The van der Waals surface area contributed by atoms with E-state index in [0.29, 0.717) is 40.2 Å². The molecule has 1 aromatic heterocycles. The van der Waals surface area contributed by atoms with Gasteiger partial charge in [-0.3, -0.25) is 14.4 Å². The highest BCUT2D eigenvalue weighted by molar-refractivity contribution is 6.34. The highest BCUT2D eigenvalue weighted by Crippen LogP contribution is 2.35. The summed E-state index contributed by atoms with van der Waals surface area (Å²) in [5.41, 5.74) is 4.00. The molecule has 2 aromatic rings. The molecule has 32 heavy (non-hydrogen) atoms. The van der Waals surface area contributed by atoms with Crippen molar-refractivity contribution in [1.29, 1.82) is 0 Å². The van der Waals surface area contributed by atoms with E-state index in [-0.39, 0.29) is 29.7 Å². The van der Waals surface area contributed by atoms with Crippen molar-refractivity contribution < 1.29 is 18.8 Å². The van der Waals surface area contributed by atoms with E-state index in [1.54, 1.807) is 6.08 Å². The Morgan fingerprint density at radius 3 is 2.75 bits per heavy atom. The van der Waals surface area contributed by atoms with Crippen LogP contribution in [0.5, 0.6) is 0 Å². The summed E-state index contributed by atoms with van der Waals surface area (Å²) in [7, 11) is 0. The van der Waals surface area contributed by atoms with E-state index in [4.69, 9.17) is 0 Å². The van der Waals surface area contributed by atoms with Crippen LogP contribution < -0.4 is 10.6 Å². The number of aromatic amines is 1. The van der Waals surface area contributed by atoms with Crippen LogP contribution in [0, 0.1) is 25.6 Å². The molecule has 1 saturated heterocycles. The number of hydrogen-bond acceptors (Lipinski definition) is 3. The van der Waals surface area contributed by atoms with Gasteiger partial charge in [-0.15, -0.1) is 0 Å². The Morgan fingerprint density at radius 2 is 2.00 bits per heavy atom. The lowest BCUT2D eigenvalue weighted by atomic mass is 10.0. The standard InChI is InChI=1S/C24H25FN4O3/c1-12-20(11-18-17-10-15(25)4-6-19(17)28-22(18)30)26-13(2)21(12)23(31)27-16-5-3-14(9-16)24(32)29-7-8-29/h4,6,10-11,14,16,26H,3,5,7-9H2,1-2H3,(H,27,31)(H,28,30)/b18-11-/t14-,16+/m0/s1. The van der Waals surface area contributed by atoms with E-state index in [1.807, 2.05) is 18.7 Å². The number of nitrogens with zero attached hydrogens (tertiary/aromatic N) is 1. The molecule has 7 nitrogen and oxygen atoms in total. The van der Waals surface area contributed by atoms with Gasteiger partial charge >= 0.3 is 0 Å². The van der Waals surface area contributed by atoms with E-state index in [2.05, 4.69) is 15.6 Å². The molecule has 3 heterocycles. The van der Waals surface area contributed by atoms with Gasteiger partial charge in [0, 0.05) is 47.7 Å². The van der Waals surface area contributed by atoms with E-state index in [0.717, 1.165) is 31.5 Å². The second-order valence-corrected chi connectivity index (χ2v) is 8.87. The number of carbonyl (C=O) groups is 3. The van der Waals surface area contributed by atoms with Gasteiger partial charge < -0.3 is 20.5 Å². The van der Waals surface area contributed by atoms with Gasteiger partial charge in [0.05, 0.1) is 11.1 Å². The summed E-state index contributed by atoms with van der Waals surface area (Å²) in [6, 6.07) is 4.14. The minimum atomic E-state index is -0.419. The summed E-state index contributed by atoms with van der Waals surface area (Å²) in [6.45, 7) is 5.34. The number of benzene rings is 1. The highest BCUT2D eigenvalue weighted by Gasteiger charge is 2.37. The first-order chi connectivity index (χ1) is 15.3. The van der Waals surface area contributed by atoms with Crippen molar-refractivity contribution in [2.45, 2.75) is 39.2 Å². The van der Waals surface area contributed by atoms with Gasteiger partial charge in [-0.1, -0.05) is 0 Å². The molecule has 3 amide bonds. The van der Waals surface area contributed by atoms with Gasteiger partial charge in [-0.2, -0.15) is 0 Å². The highest BCUT2D eigenvalue weighted by atomic mass is 19.1. The quantitative estimate of drug-likeness (QED) is 0.508. The molecule has 1 aromatic carbocycles. The van der Waals surface area contributed by atoms with Crippen LogP contribution in [0.1, 0.15) is 52.1 Å². The molecule has 0 bridgehead atoms. The molecule has 3 N–H and O–H groups in total. The van der Waals surface area contributed by atoms with Gasteiger partial charge in [-0.05, 0) is 62.9 Å².